The first-order valence-electron chi connectivity index (χ1n) is 10.7. The van der Waals surface area contributed by atoms with Crippen molar-refractivity contribution in [1.29, 1.82) is 0 Å². The van der Waals surface area contributed by atoms with Gasteiger partial charge in [-0.1, -0.05) is 12.1 Å². The minimum atomic E-state index is -0.182. The highest BCUT2D eigenvalue weighted by Gasteiger charge is 2.16. The highest BCUT2D eigenvalue weighted by atomic mass is 16.5. The van der Waals surface area contributed by atoms with Crippen LogP contribution >= 0.6 is 0 Å². The van der Waals surface area contributed by atoms with E-state index in [1.807, 2.05) is 24.3 Å². The molecule has 4 aromatic rings. The van der Waals surface area contributed by atoms with E-state index in [2.05, 4.69) is 24.8 Å². The van der Waals surface area contributed by atoms with Gasteiger partial charge < -0.3 is 14.5 Å². The molecule has 1 saturated heterocycles. The molecule has 3 heterocycles. The molecule has 8 nitrogen and oxygen atoms in total. The number of carbonyl (C=O) groups excluding carboxylic acids is 1. The van der Waals surface area contributed by atoms with Crippen LogP contribution in [0.3, 0.4) is 0 Å². The number of nitrogens with one attached hydrogen (secondary N) is 1. The molecule has 0 aliphatic carbocycles. The van der Waals surface area contributed by atoms with Gasteiger partial charge in [0.15, 0.2) is 5.82 Å². The van der Waals surface area contributed by atoms with Crippen LogP contribution in [0.15, 0.2) is 60.9 Å². The summed E-state index contributed by atoms with van der Waals surface area (Å²) in [5.41, 5.74) is 2.10. The zero-order valence-corrected chi connectivity index (χ0v) is 17.5. The van der Waals surface area contributed by atoms with E-state index < -0.39 is 0 Å². The van der Waals surface area contributed by atoms with Crippen molar-refractivity contribution in [2.24, 2.45) is 0 Å². The molecule has 2 aromatic carbocycles. The van der Waals surface area contributed by atoms with Gasteiger partial charge in [-0.15, -0.1) is 0 Å². The van der Waals surface area contributed by atoms with Crippen molar-refractivity contribution in [3.8, 4) is 17.5 Å². The smallest absolute Gasteiger partial charge is 0.283 e. The summed E-state index contributed by atoms with van der Waals surface area (Å²) in [5.74, 6) is 1.32. The molecule has 32 heavy (non-hydrogen) atoms. The van der Waals surface area contributed by atoms with Gasteiger partial charge in [-0.3, -0.25) is 9.69 Å². The standard InChI is InChI=1S/C24H23N5O3/c30-21(22-27-19-5-1-2-6-20(19)28-22)17-7-9-18(10-8-17)32-24-23(25-11-12-26-24)31-16-15-29-13-3-4-14-29/h1-2,5-12H,3-4,13-16H2,(H,27,28). The Kier molecular flexibility index (Phi) is 5.76. The fourth-order valence-electron chi connectivity index (χ4n) is 3.74. The Labute approximate surface area is 185 Å². The lowest BCUT2D eigenvalue weighted by atomic mass is 10.1. The van der Waals surface area contributed by atoms with Crippen molar-refractivity contribution in [3.05, 3.63) is 72.3 Å². The number of ether oxygens (including phenoxy) is 2. The third-order valence-corrected chi connectivity index (χ3v) is 5.41. The molecule has 0 saturated carbocycles. The minimum absolute atomic E-state index is 0.182. The van der Waals surface area contributed by atoms with Gasteiger partial charge >= 0.3 is 0 Å². The number of nitrogens with zero attached hydrogens (tertiary/aromatic N) is 4. The molecule has 1 fully saturated rings. The second kappa shape index (κ2) is 9.15. The summed E-state index contributed by atoms with van der Waals surface area (Å²) in [5, 5.41) is 0. The van der Waals surface area contributed by atoms with Crippen LogP contribution in [0.1, 0.15) is 29.0 Å². The van der Waals surface area contributed by atoms with E-state index in [1.165, 1.54) is 12.8 Å². The van der Waals surface area contributed by atoms with Gasteiger partial charge in [0.1, 0.15) is 12.4 Å². The van der Waals surface area contributed by atoms with Gasteiger partial charge in [0, 0.05) is 24.5 Å². The Bertz CT molecular complexity index is 1180. The maximum atomic E-state index is 12.8. The number of carbonyl (C=O) groups is 1. The number of hydrogen-bond donors (Lipinski definition) is 1. The zero-order chi connectivity index (χ0) is 21.8. The molecule has 0 atom stereocenters. The number of ketones is 1. The van der Waals surface area contributed by atoms with Gasteiger partial charge in [0.2, 0.25) is 5.78 Å². The van der Waals surface area contributed by atoms with E-state index in [4.69, 9.17) is 9.47 Å². The average Bonchev–Trinajstić information content (AvgIpc) is 3.50. The summed E-state index contributed by atoms with van der Waals surface area (Å²) >= 11 is 0. The van der Waals surface area contributed by atoms with Crippen LogP contribution in [0, 0.1) is 0 Å². The lowest BCUT2D eigenvalue weighted by Crippen LogP contribution is -2.25. The number of fused-ring (bicyclic) bond motifs is 1. The normalized spacial score (nSPS) is 14.0. The second-order valence-electron chi connectivity index (χ2n) is 7.62. The van der Waals surface area contributed by atoms with Gasteiger partial charge in [0.25, 0.3) is 11.8 Å². The molecule has 1 aliphatic heterocycles. The number of rotatable bonds is 8. The van der Waals surface area contributed by atoms with Crippen LogP contribution in [-0.4, -0.2) is 56.9 Å². The molecule has 1 N–H and O–H groups in total. The van der Waals surface area contributed by atoms with Crippen LogP contribution < -0.4 is 9.47 Å². The number of imidazole rings is 1. The van der Waals surface area contributed by atoms with E-state index in [-0.39, 0.29) is 5.78 Å². The van der Waals surface area contributed by atoms with Crippen molar-refractivity contribution in [1.82, 2.24) is 24.8 Å². The summed E-state index contributed by atoms with van der Waals surface area (Å²) in [6.45, 7) is 3.62. The van der Waals surface area contributed by atoms with Gasteiger partial charge in [-0.2, -0.15) is 0 Å². The molecule has 0 unspecified atom stereocenters. The summed E-state index contributed by atoms with van der Waals surface area (Å²) in [4.78, 5) is 31.1. The molecular weight excluding hydrogens is 406 g/mol. The number of aromatic nitrogens is 4. The molecule has 1 aliphatic rings. The quantitative estimate of drug-likeness (QED) is 0.425. The third kappa shape index (κ3) is 4.45. The predicted molar refractivity (Wildman–Crippen MR) is 119 cm³/mol. The topological polar surface area (TPSA) is 93.2 Å². The number of hydrogen-bond acceptors (Lipinski definition) is 7. The Morgan fingerprint density at radius 3 is 2.50 bits per heavy atom. The van der Waals surface area contributed by atoms with Crippen LogP contribution in [0.25, 0.3) is 11.0 Å². The van der Waals surface area contributed by atoms with E-state index in [0.717, 1.165) is 30.7 Å². The van der Waals surface area contributed by atoms with Crippen molar-refractivity contribution in [2.45, 2.75) is 12.8 Å². The first-order valence-corrected chi connectivity index (χ1v) is 10.7. The summed E-state index contributed by atoms with van der Waals surface area (Å²) < 4.78 is 11.7. The van der Waals surface area contributed by atoms with Crippen LogP contribution in [-0.2, 0) is 0 Å². The molecule has 8 heteroatoms. The molecule has 5 rings (SSSR count). The molecule has 0 radical (unpaired) electrons. The Balaban J connectivity index is 1.25. The van der Waals surface area contributed by atoms with E-state index in [0.29, 0.717) is 35.5 Å². The highest BCUT2D eigenvalue weighted by Crippen LogP contribution is 2.27. The Morgan fingerprint density at radius 2 is 1.72 bits per heavy atom. The lowest BCUT2D eigenvalue weighted by Gasteiger charge is -2.15. The largest absolute Gasteiger partial charge is 0.472 e. The number of benzene rings is 2. The first kappa shape index (κ1) is 20.1. The number of H-pyrrole nitrogens is 1. The summed E-state index contributed by atoms with van der Waals surface area (Å²) in [7, 11) is 0. The fraction of sp³-hybridized carbons (Fsp3) is 0.250. The second-order valence-corrected chi connectivity index (χ2v) is 7.62. The zero-order valence-electron chi connectivity index (χ0n) is 17.5. The number of aromatic amines is 1. The summed E-state index contributed by atoms with van der Waals surface area (Å²) in [6.07, 6.45) is 5.62. The van der Waals surface area contributed by atoms with Gasteiger partial charge in [-0.05, 0) is 62.3 Å². The maximum Gasteiger partial charge on any atom is 0.283 e. The number of para-hydroxylation sites is 2. The third-order valence-electron chi connectivity index (χ3n) is 5.41. The summed E-state index contributed by atoms with van der Waals surface area (Å²) in [6, 6.07) is 14.4. The molecule has 162 valence electrons. The van der Waals surface area contributed by atoms with Gasteiger partial charge in [-0.25, -0.2) is 15.0 Å². The Hall–Kier alpha value is -3.78. The van der Waals surface area contributed by atoms with E-state index in [1.54, 1.807) is 36.7 Å². The van der Waals surface area contributed by atoms with Crippen LogP contribution in [0.5, 0.6) is 17.5 Å². The van der Waals surface area contributed by atoms with E-state index >= 15 is 0 Å². The SMILES string of the molecule is O=C(c1ccc(Oc2nccnc2OCCN2CCCC2)cc1)c1nc2ccccc2[nH]1. The van der Waals surface area contributed by atoms with E-state index in [9.17, 15) is 4.79 Å². The van der Waals surface area contributed by atoms with Crippen molar-refractivity contribution in [3.63, 3.8) is 0 Å². The molecule has 2 aromatic heterocycles. The average molecular weight is 429 g/mol. The number of likely N-dealkylation sites (tertiary alicyclic amines) is 1. The minimum Gasteiger partial charge on any atom is -0.472 e. The molecule has 0 bridgehead atoms. The molecule has 0 spiro atoms. The van der Waals surface area contributed by atoms with Gasteiger partial charge in [0.05, 0.1) is 11.0 Å². The van der Waals surface area contributed by atoms with Crippen molar-refractivity contribution >= 4 is 16.8 Å². The maximum absolute atomic E-state index is 12.8. The highest BCUT2D eigenvalue weighted by molar-refractivity contribution is 6.08. The first-order chi connectivity index (χ1) is 15.8. The monoisotopic (exact) mass is 429 g/mol. The van der Waals surface area contributed by atoms with Crippen molar-refractivity contribution < 1.29 is 14.3 Å². The lowest BCUT2D eigenvalue weighted by molar-refractivity contribution is 0.103. The van der Waals surface area contributed by atoms with Crippen LogP contribution in [0.2, 0.25) is 0 Å². The fourth-order valence-corrected chi connectivity index (χ4v) is 3.74. The Morgan fingerprint density at radius 1 is 0.969 bits per heavy atom. The molecular formula is C24H23N5O3. The van der Waals surface area contributed by atoms with Crippen LogP contribution in [0.4, 0.5) is 0 Å². The predicted octanol–water partition coefficient (Wildman–Crippen LogP) is 3.85. The molecule has 0 amide bonds. The van der Waals surface area contributed by atoms with Crippen molar-refractivity contribution in [2.75, 3.05) is 26.2 Å².